The van der Waals surface area contributed by atoms with E-state index in [0.29, 0.717) is 49.3 Å². The Morgan fingerprint density at radius 2 is 0.875 bits per heavy atom. The van der Waals surface area contributed by atoms with Crippen molar-refractivity contribution in [1.82, 2.24) is 9.13 Å². The maximum absolute atomic E-state index is 7.46. The van der Waals surface area contributed by atoms with Crippen molar-refractivity contribution >= 4 is 159 Å². The number of benzene rings is 9. The second-order valence-electron chi connectivity index (χ2n) is 16.4. The van der Waals surface area contributed by atoms with E-state index >= 15 is 0 Å². The molecule has 0 amide bonds. The molecule has 10 heteroatoms. The van der Waals surface area contributed by atoms with Gasteiger partial charge in [0, 0.05) is 38.1 Å². The molecule has 3 nitrogen and oxygen atoms in total. The van der Waals surface area contributed by atoms with E-state index in [1.807, 2.05) is 59.2 Å². The van der Waals surface area contributed by atoms with Crippen LogP contribution in [0.1, 0.15) is 0 Å². The van der Waals surface area contributed by atoms with Crippen molar-refractivity contribution in [3.8, 4) is 44.8 Å². The van der Waals surface area contributed by atoms with E-state index in [0.717, 1.165) is 77.4 Å². The van der Waals surface area contributed by atoms with Crippen LogP contribution in [0.15, 0.2) is 168 Å². The van der Waals surface area contributed by atoms with Gasteiger partial charge in [0.2, 0.25) is 0 Å². The van der Waals surface area contributed by atoms with Crippen molar-refractivity contribution in [1.29, 1.82) is 0 Å². The molecule has 3 aromatic heterocycles. The Labute approximate surface area is 379 Å². The lowest BCUT2D eigenvalue weighted by atomic mass is 9.64. The van der Waals surface area contributed by atoms with Gasteiger partial charge in [0.1, 0.15) is 66.1 Å². The van der Waals surface area contributed by atoms with Gasteiger partial charge in [-0.25, -0.2) is 0 Å². The van der Waals surface area contributed by atoms with Gasteiger partial charge in [-0.15, -0.1) is 10.9 Å². The molecule has 0 aliphatic rings. The van der Waals surface area contributed by atoms with E-state index in [4.69, 9.17) is 59.3 Å². The molecule has 64 heavy (non-hydrogen) atoms. The molecule has 280 valence electrons. The Bertz CT molecular complexity index is 3930. The third-order valence-electron chi connectivity index (χ3n) is 12.9. The number of para-hydroxylation sites is 2. The molecule has 0 saturated heterocycles. The molecule has 0 N–H and O–H groups in total. The number of aromatic nitrogens is 2. The van der Waals surface area contributed by atoms with E-state index in [1.54, 1.807) is 0 Å². The first-order valence-corrected chi connectivity index (χ1v) is 21.0. The highest BCUT2D eigenvalue weighted by atomic mass is 16.3. The van der Waals surface area contributed by atoms with Crippen LogP contribution in [0, 0.1) is 0 Å². The molecule has 3 heterocycles. The van der Waals surface area contributed by atoms with Gasteiger partial charge >= 0.3 is 0 Å². The third kappa shape index (κ3) is 5.45. The van der Waals surface area contributed by atoms with Crippen LogP contribution < -0.4 is 38.2 Å². The molecule has 12 aromatic rings. The summed E-state index contributed by atoms with van der Waals surface area (Å²) in [4.78, 5) is 0. The summed E-state index contributed by atoms with van der Waals surface area (Å²) in [5.41, 5.74) is 13.8. The summed E-state index contributed by atoms with van der Waals surface area (Å²) < 4.78 is 10.6. The maximum Gasteiger partial charge on any atom is 0.137 e. The van der Waals surface area contributed by atoms with Gasteiger partial charge in [0.15, 0.2) is 0 Å². The summed E-state index contributed by atoms with van der Waals surface area (Å²) in [6.45, 7) is 0. The topological polar surface area (TPSA) is 23.0 Å². The van der Waals surface area contributed by atoms with E-state index in [9.17, 15) is 0 Å². The Balaban J connectivity index is 1.18. The van der Waals surface area contributed by atoms with Crippen molar-refractivity contribution in [3.05, 3.63) is 164 Å². The van der Waals surface area contributed by atoms with Crippen LogP contribution in [0.5, 0.6) is 0 Å². The van der Waals surface area contributed by atoms with Gasteiger partial charge in [-0.1, -0.05) is 143 Å². The normalized spacial score (nSPS) is 11.9. The van der Waals surface area contributed by atoms with Crippen LogP contribution in [0.4, 0.5) is 0 Å². The maximum atomic E-state index is 7.46. The number of furan rings is 1. The highest BCUT2D eigenvalue weighted by Crippen LogP contribution is 2.41. The summed E-state index contributed by atoms with van der Waals surface area (Å²) in [5, 5.41) is 4.90. The summed E-state index contributed by atoms with van der Waals surface area (Å²) in [5.74, 6) is 0. The fourth-order valence-electron chi connectivity index (χ4n) is 9.96. The van der Waals surface area contributed by atoms with Crippen molar-refractivity contribution < 1.29 is 4.42 Å². The number of hydrogen-bond donors (Lipinski definition) is 0. The zero-order chi connectivity index (χ0) is 43.5. The fourth-order valence-corrected chi connectivity index (χ4v) is 9.96. The van der Waals surface area contributed by atoms with E-state index in [1.165, 1.54) is 0 Å². The van der Waals surface area contributed by atoms with E-state index in [2.05, 4.69) is 114 Å². The van der Waals surface area contributed by atoms with E-state index < -0.39 is 0 Å². The molecule has 0 fully saturated rings. The van der Waals surface area contributed by atoms with Gasteiger partial charge in [0.25, 0.3) is 0 Å². The van der Waals surface area contributed by atoms with Crippen molar-refractivity contribution in [2.75, 3.05) is 0 Å². The van der Waals surface area contributed by atoms with Gasteiger partial charge in [-0.05, 0) is 81.7 Å². The standard InChI is InChI=1S/C54H27B7N2O/c55-46-42(47(56)51(60)53-44(46)45-48(57)49(58)50(59)52(61)54(45)63(53)39-19-11-21-41-43(39)33-17-8-10-20-40(33)64-41)31-23-25-38-35(27-31)34-26-30(28-12-3-1-4-13-28)22-24-37(34)62(38)36-18-9-7-16-32(36)29-14-5-2-6-15-29/h1-27H. The highest BCUT2D eigenvalue weighted by molar-refractivity contribution is 6.69. The lowest BCUT2D eigenvalue weighted by molar-refractivity contribution is 0.669. The lowest BCUT2D eigenvalue weighted by Crippen LogP contribution is -2.48. The third-order valence-corrected chi connectivity index (χ3v) is 12.9. The molecular formula is C54H27B7N2O. The zero-order valence-electron chi connectivity index (χ0n) is 34.4. The number of fused-ring (bicyclic) bond motifs is 9. The van der Waals surface area contributed by atoms with Gasteiger partial charge in [0.05, 0.1) is 27.8 Å². The zero-order valence-corrected chi connectivity index (χ0v) is 34.4. The predicted octanol–water partition coefficient (Wildman–Crippen LogP) is 6.34. The van der Waals surface area contributed by atoms with Crippen LogP contribution in [0.25, 0.3) is 110 Å². The molecule has 0 aliphatic carbocycles. The number of hydrogen-bond acceptors (Lipinski definition) is 1. The molecule has 0 unspecified atom stereocenters. The second-order valence-corrected chi connectivity index (χ2v) is 16.4. The molecule has 12 rings (SSSR count). The summed E-state index contributed by atoms with van der Waals surface area (Å²) in [7, 11) is 49.2. The van der Waals surface area contributed by atoms with Gasteiger partial charge < -0.3 is 13.6 Å². The predicted molar refractivity (Wildman–Crippen MR) is 276 cm³/mol. The minimum atomic E-state index is 0.159. The van der Waals surface area contributed by atoms with Crippen LogP contribution >= 0.6 is 0 Å². The number of rotatable bonds is 5. The SMILES string of the molecule is [B]c1c([B])c([B])c2c(c1[B])c1c([B])c(-c3ccc4c(c3)c3cc(-c5ccccc5)ccc3n4-c3ccccc3-c3ccccc3)c([B])c([B])c1n2-c1cccc2oc3ccccc3c12. The Hall–Kier alpha value is -7.17. The molecule has 0 spiro atoms. The minimum absolute atomic E-state index is 0.159. The first kappa shape index (κ1) is 38.5. The Morgan fingerprint density at radius 1 is 0.328 bits per heavy atom. The minimum Gasteiger partial charge on any atom is -0.456 e. The molecule has 9 aromatic carbocycles. The quantitative estimate of drug-likeness (QED) is 0.187. The fraction of sp³-hybridized carbons (Fsp3) is 0. The number of nitrogens with zero attached hydrogens (tertiary/aromatic N) is 2. The molecule has 0 bridgehead atoms. The Kier molecular flexibility index (Phi) is 8.69. The van der Waals surface area contributed by atoms with Gasteiger partial charge in [-0.3, -0.25) is 0 Å². The van der Waals surface area contributed by atoms with Crippen molar-refractivity contribution in [2.24, 2.45) is 0 Å². The molecule has 14 radical (unpaired) electrons. The summed E-state index contributed by atoms with van der Waals surface area (Å²) in [6, 6.07) is 56.0. The second kappa shape index (κ2) is 14.4. The smallest absolute Gasteiger partial charge is 0.137 e. The average Bonchev–Trinajstić information content (AvgIpc) is 4.01. The molecule has 0 atom stereocenters. The van der Waals surface area contributed by atoms with Crippen LogP contribution in [0.3, 0.4) is 0 Å². The van der Waals surface area contributed by atoms with E-state index in [-0.39, 0.29) is 21.9 Å². The highest BCUT2D eigenvalue weighted by Gasteiger charge is 2.26. The summed E-state index contributed by atoms with van der Waals surface area (Å²) in [6.07, 6.45) is 0. The first-order chi connectivity index (χ1) is 31.2. The largest absolute Gasteiger partial charge is 0.456 e. The van der Waals surface area contributed by atoms with Crippen LogP contribution in [-0.2, 0) is 0 Å². The Morgan fingerprint density at radius 3 is 1.61 bits per heavy atom. The van der Waals surface area contributed by atoms with Gasteiger partial charge in [-0.2, -0.15) is 0 Å². The summed E-state index contributed by atoms with van der Waals surface area (Å²) >= 11 is 0. The molecule has 0 saturated carbocycles. The van der Waals surface area contributed by atoms with Crippen molar-refractivity contribution in [2.45, 2.75) is 0 Å². The first-order valence-electron chi connectivity index (χ1n) is 21.0. The molecule has 0 aliphatic heterocycles. The monoisotopic (exact) mass is 796 g/mol. The van der Waals surface area contributed by atoms with Crippen molar-refractivity contribution in [3.63, 3.8) is 0 Å². The average molecular weight is 796 g/mol. The van der Waals surface area contributed by atoms with Crippen LogP contribution in [-0.4, -0.2) is 64.1 Å². The molecular weight excluding hydrogens is 768 g/mol. The van der Waals surface area contributed by atoms with Crippen LogP contribution in [0.2, 0.25) is 0 Å². The lowest BCUT2D eigenvalue weighted by Gasteiger charge is -2.20.